The molecule has 2 nitrogen and oxygen atoms in total. The lowest BCUT2D eigenvalue weighted by Gasteiger charge is -2.19. The van der Waals surface area contributed by atoms with E-state index < -0.39 is 18.6 Å². The summed E-state index contributed by atoms with van der Waals surface area (Å²) in [4.78, 5) is 4.75. The third kappa shape index (κ3) is 5.46. The normalized spacial score (nSPS) is 14.0. The minimum absolute atomic E-state index is 0.393. The van der Waals surface area contributed by atoms with Crippen LogP contribution in [0.1, 0.15) is 24.6 Å². The molecule has 0 aromatic carbocycles. The monoisotopic (exact) mass is 252 g/mol. The van der Waals surface area contributed by atoms with Crippen LogP contribution in [0.15, 0.2) is 11.7 Å². The molecule has 16 heavy (non-hydrogen) atoms. The maximum Gasteiger partial charge on any atom is 0.390 e. The first kappa shape index (κ1) is 13.4. The highest BCUT2D eigenvalue weighted by Gasteiger charge is 2.31. The summed E-state index contributed by atoms with van der Waals surface area (Å²) in [7, 11) is 0. The summed E-state index contributed by atoms with van der Waals surface area (Å²) in [5.74, 6) is 0. The zero-order chi connectivity index (χ0) is 12.0. The van der Waals surface area contributed by atoms with E-state index in [1.807, 2.05) is 6.92 Å². The highest BCUT2D eigenvalue weighted by Crippen LogP contribution is 2.23. The molecule has 1 unspecified atom stereocenters. The second kappa shape index (κ2) is 6.20. The Morgan fingerprint density at radius 1 is 1.50 bits per heavy atom. The molecule has 0 amide bonds. The quantitative estimate of drug-likeness (QED) is 0.841. The van der Waals surface area contributed by atoms with Crippen molar-refractivity contribution in [1.29, 1.82) is 0 Å². The highest BCUT2D eigenvalue weighted by atomic mass is 32.1. The molecule has 1 heterocycles. The molecule has 1 aromatic heterocycles. The van der Waals surface area contributed by atoms with Gasteiger partial charge in [-0.1, -0.05) is 6.92 Å². The Bertz CT molecular complexity index is 285. The molecule has 0 saturated carbocycles. The fourth-order valence-electron chi connectivity index (χ4n) is 1.43. The number of aromatic nitrogens is 1. The SMILES string of the molecule is CCCNC(Cc1cncs1)CC(F)(F)F. The van der Waals surface area contributed by atoms with Crippen LogP contribution in [0.3, 0.4) is 0 Å². The van der Waals surface area contributed by atoms with Gasteiger partial charge in [-0.3, -0.25) is 4.98 Å². The molecule has 0 saturated heterocycles. The molecular formula is C10H15F3N2S. The van der Waals surface area contributed by atoms with Crippen LogP contribution in [-0.4, -0.2) is 23.7 Å². The lowest BCUT2D eigenvalue weighted by molar-refractivity contribution is -0.139. The van der Waals surface area contributed by atoms with Crippen molar-refractivity contribution >= 4 is 11.3 Å². The van der Waals surface area contributed by atoms with E-state index in [0.717, 1.165) is 11.3 Å². The first-order valence-corrected chi connectivity index (χ1v) is 6.06. The van der Waals surface area contributed by atoms with E-state index >= 15 is 0 Å². The zero-order valence-electron chi connectivity index (χ0n) is 9.05. The lowest BCUT2D eigenvalue weighted by atomic mass is 10.1. The smallest absolute Gasteiger partial charge is 0.313 e. The van der Waals surface area contributed by atoms with Crippen molar-refractivity contribution in [3.8, 4) is 0 Å². The second-order valence-corrected chi connectivity index (χ2v) is 4.61. The average molecular weight is 252 g/mol. The van der Waals surface area contributed by atoms with E-state index in [1.165, 1.54) is 11.3 Å². The van der Waals surface area contributed by atoms with Gasteiger partial charge in [0.15, 0.2) is 0 Å². The number of rotatable bonds is 6. The Hall–Kier alpha value is -0.620. The summed E-state index contributed by atoms with van der Waals surface area (Å²) in [6.07, 6.45) is -2.05. The molecule has 0 aliphatic carbocycles. The number of nitrogens with zero attached hydrogens (tertiary/aromatic N) is 1. The predicted molar refractivity (Wildman–Crippen MR) is 58.6 cm³/mol. The molecule has 0 radical (unpaired) electrons. The minimum atomic E-state index is -4.11. The summed E-state index contributed by atoms with van der Waals surface area (Å²) in [6, 6.07) is -0.541. The van der Waals surface area contributed by atoms with E-state index in [4.69, 9.17) is 0 Å². The number of alkyl halides is 3. The minimum Gasteiger partial charge on any atom is -0.313 e. The van der Waals surface area contributed by atoms with Gasteiger partial charge in [0.1, 0.15) is 0 Å². The third-order valence-electron chi connectivity index (χ3n) is 2.09. The van der Waals surface area contributed by atoms with Gasteiger partial charge >= 0.3 is 6.18 Å². The molecule has 0 aliphatic rings. The van der Waals surface area contributed by atoms with Crippen LogP contribution in [0.2, 0.25) is 0 Å². The Kier molecular flexibility index (Phi) is 5.21. The van der Waals surface area contributed by atoms with Gasteiger partial charge in [0, 0.05) is 17.1 Å². The fourth-order valence-corrected chi connectivity index (χ4v) is 2.11. The van der Waals surface area contributed by atoms with Gasteiger partial charge in [-0.25, -0.2) is 0 Å². The summed E-state index contributed by atoms with van der Waals surface area (Å²) in [5, 5.41) is 2.92. The highest BCUT2D eigenvalue weighted by molar-refractivity contribution is 7.09. The van der Waals surface area contributed by atoms with Crippen LogP contribution in [-0.2, 0) is 6.42 Å². The molecule has 1 N–H and O–H groups in total. The maximum atomic E-state index is 12.3. The summed E-state index contributed by atoms with van der Waals surface area (Å²) in [5.41, 5.74) is 1.64. The van der Waals surface area contributed by atoms with Gasteiger partial charge in [-0.15, -0.1) is 11.3 Å². The number of thiazole rings is 1. The van der Waals surface area contributed by atoms with Gasteiger partial charge in [-0.2, -0.15) is 13.2 Å². The van der Waals surface area contributed by atoms with Crippen LogP contribution < -0.4 is 5.32 Å². The Morgan fingerprint density at radius 2 is 2.25 bits per heavy atom. The van der Waals surface area contributed by atoms with Crippen LogP contribution in [0, 0.1) is 0 Å². The number of halogens is 3. The standard InChI is InChI=1S/C10H15F3N2S/c1-2-3-15-8(5-10(11,12)13)4-9-6-14-7-16-9/h6-8,15H,2-5H2,1H3. The molecule has 0 bridgehead atoms. The van der Waals surface area contributed by atoms with Gasteiger partial charge < -0.3 is 5.32 Å². The fraction of sp³-hybridized carbons (Fsp3) is 0.700. The molecule has 1 aromatic rings. The summed E-state index contributed by atoms with van der Waals surface area (Å²) in [6.45, 7) is 2.55. The van der Waals surface area contributed by atoms with E-state index in [0.29, 0.717) is 13.0 Å². The number of hydrogen-bond donors (Lipinski definition) is 1. The third-order valence-corrected chi connectivity index (χ3v) is 2.89. The topological polar surface area (TPSA) is 24.9 Å². The largest absolute Gasteiger partial charge is 0.390 e. The van der Waals surface area contributed by atoms with Crippen molar-refractivity contribution in [3.63, 3.8) is 0 Å². The first-order chi connectivity index (χ1) is 7.51. The Morgan fingerprint density at radius 3 is 2.75 bits per heavy atom. The van der Waals surface area contributed by atoms with Crippen LogP contribution in [0.25, 0.3) is 0 Å². The molecular weight excluding hydrogens is 237 g/mol. The van der Waals surface area contributed by atoms with Crippen molar-refractivity contribution in [1.82, 2.24) is 10.3 Å². The van der Waals surface area contributed by atoms with Crippen molar-refractivity contribution in [2.45, 2.75) is 38.4 Å². The van der Waals surface area contributed by atoms with E-state index in [-0.39, 0.29) is 0 Å². The van der Waals surface area contributed by atoms with Crippen molar-refractivity contribution < 1.29 is 13.2 Å². The van der Waals surface area contributed by atoms with Crippen molar-refractivity contribution in [3.05, 3.63) is 16.6 Å². The van der Waals surface area contributed by atoms with Gasteiger partial charge in [-0.05, 0) is 19.4 Å². The molecule has 6 heteroatoms. The molecule has 0 spiro atoms. The molecule has 1 atom stereocenters. The predicted octanol–water partition coefficient (Wildman–Crippen LogP) is 3.01. The van der Waals surface area contributed by atoms with E-state index in [2.05, 4.69) is 10.3 Å². The van der Waals surface area contributed by atoms with Crippen LogP contribution in [0.5, 0.6) is 0 Å². The van der Waals surface area contributed by atoms with E-state index in [1.54, 1.807) is 11.7 Å². The molecule has 92 valence electrons. The second-order valence-electron chi connectivity index (χ2n) is 3.64. The van der Waals surface area contributed by atoms with Crippen LogP contribution >= 0.6 is 11.3 Å². The average Bonchev–Trinajstić information content (AvgIpc) is 2.64. The van der Waals surface area contributed by atoms with Gasteiger partial charge in [0.05, 0.1) is 11.9 Å². The van der Waals surface area contributed by atoms with Crippen LogP contribution in [0.4, 0.5) is 13.2 Å². The molecule has 1 rings (SSSR count). The molecule has 0 aliphatic heterocycles. The number of nitrogens with one attached hydrogen (secondary N) is 1. The van der Waals surface area contributed by atoms with Crippen molar-refractivity contribution in [2.75, 3.05) is 6.54 Å². The zero-order valence-corrected chi connectivity index (χ0v) is 9.87. The van der Waals surface area contributed by atoms with Gasteiger partial charge in [0.25, 0.3) is 0 Å². The lowest BCUT2D eigenvalue weighted by Crippen LogP contribution is -2.35. The van der Waals surface area contributed by atoms with Crippen molar-refractivity contribution in [2.24, 2.45) is 0 Å². The number of hydrogen-bond acceptors (Lipinski definition) is 3. The summed E-state index contributed by atoms with van der Waals surface area (Å²) >= 11 is 1.39. The maximum absolute atomic E-state index is 12.3. The Balaban J connectivity index is 2.50. The Labute approximate surface area is 96.9 Å². The summed E-state index contributed by atoms with van der Waals surface area (Å²) < 4.78 is 36.9. The van der Waals surface area contributed by atoms with E-state index in [9.17, 15) is 13.2 Å². The van der Waals surface area contributed by atoms with Gasteiger partial charge in [0.2, 0.25) is 0 Å². The molecule has 0 fully saturated rings. The first-order valence-electron chi connectivity index (χ1n) is 5.18.